The number of methoxy groups -OCH3 is 1. The van der Waals surface area contributed by atoms with Crippen molar-refractivity contribution in [1.29, 1.82) is 0 Å². The van der Waals surface area contributed by atoms with Gasteiger partial charge in [0.1, 0.15) is 5.75 Å². The van der Waals surface area contributed by atoms with Gasteiger partial charge >= 0.3 is 0 Å². The van der Waals surface area contributed by atoms with Gasteiger partial charge in [-0.2, -0.15) is 0 Å². The fourth-order valence-electron chi connectivity index (χ4n) is 2.70. The summed E-state index contributed by atoms with van der Waals surface area (Å²) in [6.07, 6.45) is 0.553. The summed E-state index contributed by atoms with van der Waals surface area (Å²) in [5.74, 6) is 0.709. The van der Waals surface area contributed by atoms with Gasteiger partial charge < -0.3 is 9.47 Å². The van der Waals surface area contributed by atoms with Crippen molar-refractivity contribution in [2.45, 2.75) is 38.2 Å². The number of hydrogen-bond acceptors (Lipinski definition) is 4. The summed E-state index contributed by atoms with van der Waals surface area (Å²) in [7, 11) is -2.05. The van der Waals surface area contributed by atoms with Crippen LogP contribution in [0.2, 0.25) is 0 Å². The van der Waals surface area contributed by atoms with Crippen LogP contribution in [0.5, 0.6) is 5.75 Å². The van der Waals surface area contributed by atoms with Gasteiger partial charge in [-0.05, 0) is 55.2 Å². The highest BCUT2D eigenvalue weighted by Crippen LogP contribution is 2.23. The van der Waals surface area contributed by atoms with E-state index >= 15 is 0 Å². The smallest absolute Gasteiger partial charge is 0.240 e. The van der Waals surface area contributed by atoms with E-state index in [1.807, 2.05) is 45.0 Å². The second-order valence-corrected chi connectivity index (χ2v) is 7.98. The molecule has 142 valence electrons. The van der Waals surface area contributed by atoms with E-state index in [1.54, 1.807) is 25.3 Å². The van der Waals surface area contributed by atoms with Crippen molar-refractivity contribution in [1.82, 2.24) is 4.72 Å². The second kappa shape index (κ2) is 9.16. The molecule has 0 bridgehead atoms. The number of hydrogen-bond donors (Lipinski definition) is 1. The third kappa shape index (κ3) is 5.06. The number of ether oxygens (including phenoxy) is 2. The third-order valence-corrected chi connectivity index (χ3v) is 5.62. The van der Waals surface area contributed by atoms with Crippen LogP contribution in [-0.2, 0) is 14.8 Å². The molecular formula is C20H27NO4S. The summed E-state index contributed by atoms with van der Waals surface area (Å²) < 4.78 is 39.0. The van der Waals surface area contributed by atoms with E-state index in [1.165, 1.54) is 0 Å². The molecule has 0 spiro atoms. The first-order valence-electron chi connectivity index (χ1n) is 8.70. The van der Waals surface area contributed by atoms with Crippen LogP contribution in [0, 0.1) is 13.8 Å². The van der Waals surface area contributed by atoms with Gasteiger partial charge in [-0.1, -0.05) is 31.2 Å². The molecule has 0 saturated carbocycles. The summed E-state index contributed by atoms with van der Waals surface area (Å²) in [4.78, 5) is 0.221. The molecule has 0 aliphatic heterocycles. The van der Waals surface area contributed by atoms with Gasteiger partial charge in [0, 0.05) is 13.7 Å². The van der Waals surface area contributed by atoms with Gasteiger partial charge in [-0.15, -0.1) is 0 Å². The van der Waals surface area contributed by atoms with Gasteiger partial charge in [-0.25, -0.2) is 13.1 Å². The zero-order valence-corrected chi connectivity index (χ0v) is 16.6. The lowest BCUT2D eigenvalue weighted by Crippen LogP contribution is -2.29. The van der Waals surface area contributed by atoms with Crippen molar-refractivity contribution in [2.24, 2.45) is 0 Å². The molecule has 0 aliphatic rings. The van der Waals surface area contributed by atoms with Gasteiger partial charge in [0.2, 0.25) is 10.0 Å². The molecule has 0 heterocycles. The van der Waals surface area contributed by atoms with Crippen LogP contribution in [0.3, 0.4) is 0 Å². The van der Waals surface area contributed by atoms with Crippen LogP contribution in [0.4, 0.5) is 0 Å². The fraction of sp³-hybridized carbons (Fsp3) is 0.400. The number of sulfonamides is 1. The Hall–Kier alpha value is -1.89. The molecule has 0 fully saturated rings. The zero-order chi connectivity index (χ0) is 19.2. The fourth-order valence-corrected chi connectivity index (χ4v) is 3.82. The first-order valence-corrected chi connectivity index (χ1v) is 10.2. The standard InChI is InChI=1S/C20H27NO4S/c1-5-12-25-19-11-10-17(13-16(19)3)26(22,23)21-14-20(24-4)18-9-7-6-8-15(18)2/h6-11,13,20-21H,5,12,14H2,1-4H3. The predicted octanol–water partition coefficient (Wildman–Crippen LogP) is 3.76. The molecule has 1 N–H and O–H groups in total. The monoisotopic (exact) mass is 377 g/mol. The maximum Gasteiger partial charge on any atom is 0.240 e. The molecule has 26 heavy (non-hydrogen) atoms. The summed E-state index contributed by atoms with van der Waals surface area (Å²) in [5, 5.41) is 0. The molecule has 0 aromatic heterocycles. The highest BCUT2D eigenvalue weighted by Gasteiger charge is 2.19. The Kier molecular flexibility index (Phi) is 7.20. The van der Waals surface area contributed by atoms with Crippen molar-refractivity contribution in [3.8, 4) is 5.75 Å². The van der Waals surface area contributed by atoms with Gasteiger partial charge in [0.15, 0.2) is 0 Å². The molecule has 2 rings (SSSR count). The average molecular weight is 378 g/mol. The van der Waals surface area contributed by atoms with E-state index < -0.39 is 10.0 Å². The Bertz CT molecular complexity index is 833. The minimum Gasteiger partial charge on any atom is -0.493 e. The maximum atomic E-state index is 12.6. The second-order valence-electron chi connectivity index (χ2n) is 6.21. The van der Waals surface area contributed by atoms with Gasteiger partial charge in [0.05, 0.1) is 17.6 Å². The predicted molar refractivity (Wildman–Crippen MR) is 103 cm³/mol. The SMILES string of the molecule is CCCOc1ccc(S(=O)(=O)NCC(OC)c2ccccc2C)cc1C. The number of benzene rings is 2. The molecular weight excluding hydrogens is 350 g/mol. The van der Waals surface area contributed by atoms with Crippen molar-refractivity contribution in [3.05, 3.63) is 59.2 Å². The average Bonchev–Trinajstić information content (AvgIpc) is 2.62. The summed E-state index contributed by atoms with van der Waals surface area (Å²) >= 11 is 0. The molecule has 0 radical (unpaired) electrons. The lowest BCUT2D eigenvalue weighted by Gasteiger charge is -2.19. The van der Waals surface area contributed by atoms with Crippen molar-refractivity contribution in [2.75, 3.05) is 20.3 Å². The summed E-state index contributed by atoms with van der Waals surface area (Å²) in [6, 6.07) is 12.7. The molecule has 6 heteroatoms. The zero-order valence-electron chi connectivity index (χ0n) is 15.8. The summed E-state index contributed by atoms with van der Waals surface area (Å²) in [6.45, 7) is 6.62. The third-order valence-electron chi connectivity index (χ3n) is 4.20. The molecule has 1 atom stereocenters. The molecule has 0 saturated heterocycles. The molecule has 0 amide bonds. The van der Waals surface area contributed by atoms with Gasteiger partial charge in [-0.3, -0.25) is 0 Å². The lowest BCUT2D eigenvalue weighted by atomic mass is 10.0. The van der Waals surface area contributed by atoms with E-state index in [0.29, 0.717) is 12.4 Å². The van der Waals surface area contributed by atoms with E-state index in [0.717, 1.165) is 23.1 Å². The topological polar surface area (TPSA) is 64.6 Å². The van der Waals surface area contributed by atoms with E-state index in [4.69, 9.17) is 9.47 Å². The van der Waals surface area contributed by atoms with Crippen LogP contribution < -0.4 is 9.46 Å². The quantitative estimate of drug-likeness (QED) is 0.723. The van der Waals surface area contributed by atoms with Crippen molar-refractivity contribution < 1.29 is 17.9 Å². The first-order chi connectivity index (χ1) is 12.4. The Morgan fingerprint density at radius 1 is 1.08 bits per heavy atom. The van der Waals surface area contributed by atoms with Crippen LogP contribution in [0.15, 0.2) is 47.4 Å². The maximum absolute atomic E-state index is 12.6. The van der Waals surface area contributed by atoms with Crippen molar-refractivity contribution >= 4 is 10.0 Å². The number of aryl methyl sites for hydroxylation is 2. The van der Waals surface area contributed by atoms with E-state index in [2.05, 4.69) is 4.72 Å². The Balaban J connectivity index is 2.13. The molecule has 2 aromatic rings. The van der Waals surface area contributed by atoms with Crippen LogP contribution in [0.1, 0.15) is 36.1 Å². The van der Waals surface area contributed by atoms with Crippen LogP contribution >= 0.6 is 0 Å². The highest BCUT2D eigenvalue weighted by molar-refractivity contribution is 7.89. The first kappa shape index (κ1) is 20.4. The summed E-state index contributed by atoms with van der Waals surface area (Å²) in [5.41, 5.74) is 2.83. The largest absolute Gasteiger partial charge is 0.493 e. The normalized spacial score (nSPS) is 12.8. The molecule has 0 aliphatic carbocycles. The Morgan fingerprint density at radius 3 is 2.42 bits per heavy atom. The van der Waals surface area contributed by atoms with Crippen LogP contribution in [-0.4, -0.2) is 28.7 Å². The minimum atomic E-state index is -3.63. The molecule has 1 unspecified atom stereocenters. The minimum absolute atomic E-state index is 0.164. The van der Waals surface area contributed by atoms with Crippen molar-refractivity contribution in [3.63, 3.8) is 0 Å². The Morgan fingerprint density at radius 2 is 1.81 bits per heavy atom. The van der Waals surface area contributed by atoms with Gasteiger partial charge in [0.25, 0.3) is 0 Å². The number of rotatable bonds is 9. The lowest BCUT2D eigenvalue weighted by molar-refractivity contribution is 0.107. The highest BCUT2D eigenvalue weighted by atomic mass is 32.2. The Labute approximate surface area is 156 Å². The molecule has 5 nitrogen and oxygen atoms in total. The molecule has 2 aromatic carbocycles. The van der Waals surface area contributed by atoms with Crippen LogP contribution in [0.25, 0.3) is 0 Å². The number of nitrogens with one attached hydrogen (secondary N) is 1. The van der Waals surface area contributed by atoms with E-state index in [9.17, 15) is 8.42 Å². The van der Waals surface area contributed by atoms with E-state index in [-0.39, 0.29) is 17.5 Å².